The zero-order valence-electron chi connectivity index (χ0n) is 12.4. The van der Waals surface area contributed by atoms with Gasteiger partial charge >= 0.3 is 5.97 Å². The largest absolute Gasteiger partial charge is 0.491 e. The molecule has 0 saturated carbocycles. The highest BCUT2D eigenvalue weighted by atomic mass is 16.6. The molecule has 0 spiro atoms. The number of non-ortho nitro benzene ring substituents is 1. The van der Waals surface area contributed by atoms with Gasteiger partial charge in [0.25, 0.3) is 5.69 Å². The van der Waals surface area contributed by atoms with Crippen molar-refractivity contribution in [3.8, 4) is 5.75 Å². The SMILES string of the molecule is CC(C)Oc1cc(N(C)CCCC(=O)O)cc([N+](=O)[O-])c1. The molecular weight excluding hydrogens is 276 g/mol. The number of anilines is 1. The van der Waals surface area contributed by atoms with Crippen molar-refractivity contribution in [1.82, 2.24) is 0 Å². The van der Waals surface area contributed by atoms with Gasteiger partial charge in [0.15, 0.2) is 0 Å². The van der Waals surface area contributed by atoms with Crippen molar-refractivity contribution < 1.29 is 19.6 Å². The third-order valence-electron chi connectivity index (χ3n) is 2.78. The second-order valence-electron chi connectivity index (χ2n) is 5.03. The summed E-state index contributed by atoms with van der Waals surface area (Å²) in [6.45, 7) is 4.18. The maximum Gasteiger partial charge on any atom is 0.303 e. The van der Waals surface area contributed by atoms with Crippen LogP contribution in [0.15, 0.2) is 18.2 Å². The van der Waals surface area contributed by atoms with Crippen LogP contribution in [0, 0.1) is 10.1 Å². The zero-order chi connectivity index (χ0) is 16.0. The number of nitrogens with zero attached hydrogens (tertiary/aromatic N) is 2. The Balaban J connectivity index is 2.90. The molecule has 0 radical (unpaired) electrons. The number of nitro groups is 1. The van der Waals surface area contributed by atoms with Crippen molar-refractivity contribution in [3.05, 3.63) is 28.3 Å². The minimum atomic E-state index is -0.855. The maximum absolute atomic E-state index is 11.0. The number of hydrogen-bond donors (Lipinski definition) is 1. The molecule has 116 valence electrons. The Hall–Kier alpha value is -2.31. The summed E-state index contributed by atoms with van der Waals surface area (Å²) < 4.78 is 5.51. The number of aliphatic carboxylic acids is 1. The summed E-state index contributed by atoms with van der Waals surface area (Å²) in [7, 11) is 1.76. The van der Waals surface area contributed by atoms with Gasteiger partial charge in [0.2, 0.25) is 0 Å². The maximum atomic E-state index is 11.0. The van der Waals surface area contributed by atoms with Gasteiger partial charge in [-0.05, 0) is 20.3 Å². The van der Waals surface area contributed by atoms with E-state index in [4.69, 9.17) is 9.84 Å². The molecule has 1 rings (SSSR count). The highest BCUT2D eigenvalue weighted by Gasteiger charge is 2.14. The molecule has 1 aromatic carbocycles. The molecule has 1 N–H and O–H groups in total. The fraction of sp³-hybridized carbons (Fsp3) is 0.500. The Morgan fingerprint density at radius 1 is 1.43 bits per heavy atom. The van der Waals surface area contributed by atoms with Gasteiger partial charge in [0, 0.05) is 37.8 Å². The van der Waals surface area contributed by atoms with Gasteiger partial charge in [0.1, 0.15) is 5.75 Å². The molecular formula is C14H20N2O5. The second-order valence-corrected chi connectivity index (χ2v) is 5.03. The van der Waals surface area contributed by atoms with Gasteiger partial charge in [0.05, 0.1) is 17.1 Å². The van der Waals surface area contributed by atoms with E-state index < -0.39 is 10.9 Å². The fourth-order valence-electron chi connectivity index (χ4n) is 1.83. The summed E-state index contributed by atoms with van der Waals surface area (Å²) in [6, 6.07) is 4.55. The molecule has 21 heavy (non-hydrogen) atoms. The smallest absolute Gasteiger partial charge is 0.303 e. The van der Waals surface area contributed by atoms with Crippen molar-refractivity contribution in [2.75, 3.05) is 18.5 Å². The number of nitro benzene ring substituents is 1. The molecule has 1 aromatic rings. The number of carboxylic acids is 1. The van der Waals surface area contributed by atoms with Crippen LogP contribution in [0.1, 0.15) is 26.7 Å². The Morgan fingerprint density at radius 2 is 2.10 bits per heavy atom. The van der Waals surface area contributed by atoms with Gasteiger partial charge in [-0.1, -0.05) is 0 Å². The lowest BCUT2D eigenvalue weighted by molar-refractivity contribution is -0.384. The number of benzene rings is 1. The third kappa shape index (κ3) is 5.68. The minimum absolute atomic E-state index is 0.0479. The van der Waals surface area contributed by atoms with E-state index in [0.29, 0.717) is 24.4 Å². The molecule has 0 amide bonds. The monoisotopic (exact) mass is 296 g/mol. The fourth-order valence-corrected chi connectivity index (χ4v) is 1.83. The first-order valence-electron chi connectivity index (χ1n) is 6.68. The Bertz CT molecular complexity index is 516. The van der Waals surface area contributed by atoms with Gasteiger partial charge in [-0.25, -0.2) is 0 Å². The van der Waals surface area contributed by atoms with Crippen LogP contribution in [0.3, 0.4) is 0 Å². The summed E-state index contributed by atoms with van der Waals surface area (Å²) in [6.07, 6.45) is 0.445. The van der Waals surface area contributed by atoms with E-state index >= 15 is 0 Å². The molecule has 7 nitrogen and oxygen atoms in total. The zero-order valence-corrected chi connectivity index (χ0v) is 12.4. The molecule has 0 atom stereocenters. The lowest BCUT2D eigenvalue weighted by Gasteiger charge is -2.20. The van der Waals surface area contributed by atoms with Crippen LogP contribution < -0.4 is 9.64 Å². The van der Waals surface area contributed by atoms with Crippen LogP contribution in [0.2, 0.25) is 0 Å². The molecule has 0 bridgehead atoms. The van der Waals surface area contributed by atoms with Gasteiger partial charge in [-0.3, -0.25) is 14.9 Å². The lowest BCUT2D eigenvalue weighted by Crippen LogP contribution is -2.19. The van der Waals surface area contributed by atoms with Crippen LogP contribution >= 0.6 is 0 Å². The standard InChI is InChI=1S/C14H20N2O5/c1-10(2)21-13-8-11(7-12(9-13)16(19)20)15(3)6-4-5-14(17)18/h7-10H,4-6H2,1-3H3,(H,17,18). The van der Waals surface area contributed by atoms with E-state index in [2.05, 4.69) is 0 Å². The van der Waals surface area contributed by atoms with E-state index in [1.165, 1.54) is 12.1 Å². The van der Waals surface area contributed by atoms with Gasteiger partial charge in [-0.15, -0.1) is 0 Å². The number of rotatable bonds is 8. The van der Waals surface area contributed by atoms with E-state index in [0.717, 1.165) is 0 Å². The van der Waals surface area contributed by atoms with Crippen molar-refractivity contribution in [1.29, 1.82) is 0 Å². The normalized spacial score (nSPS) is 10.5. The van der Waals surface area contributed by atoms with Crippen LogP contribution in [-0.4, -0.2) is 35.7 Å². The molecule has 0 heterocycles. The Kier molecular flexibility index (Phi) is 5.95. The average Bonchev–Trinajstić information content (AvgIpc) is 2.36. The van der Waals surface area contributed by atoms with E-state index in [1.807, 2.05) is 13.8 Å². The molecule has 0 aromatic heterocycles. The number of carboxylic acid groups (broad SMARTS) is 1. The number of carbonyl (C=O) groups is 1. The average molecular weight is 296 g/mol. The Labute approximate surface area is 123 Å². The Morgan fingerprint density at radius 3 is 2.62 bits per heavy atom. The summed E-state index contributed by atoms with van der Waals surface area (Å²) >= 11 is 0. The number of hydrogen-bond acceptors (Lipinski definition) is 5. The van der Waals surface area contributed by atoms with Crippen LogP contribution in [0.25, 0.3) is 0 Å². The van der Waals surface area contributed by atoms with E-state index in [-0.39, 0.29) is 18.2 Å². The second kappa shape index (κ2) is 7.47. The molecule has 7 heteroatoms. The van der Waals surface area contributed by atoms with Crippen molar-refractivity contribution in [3.63, 3.8) is 0 Å². The van der Waals surface area contributed by atoms with E-state index in [9.17, 15) is 14.9 Å². The first kappa shape index (κ1) is 16.7. The first-order chi connectivity index (χ1) is 9.79. The highest BCUT2D eigenvalue weighted by Crippen LogP contribution is 2.28. The van der Waals surface area contributed by atoms with E-state index in [1.54, 1.807) is 18.0 Å². The topological polar surface area (TPSA) is 92.9 Å². The van der Waals surface area contributed by atoms with Crippen LogP contribution in [0.5, 0.6) is 5.75 Å². The third-order valence-corrected chi connectivity index (χ3v) is 2.78. The number of ether oxygens (including phenoxy) is 1. The quantitative estimate of drug-likeness (QED) is 0.585. The summed E-state index contributed by atoms with van der Waals surface area (Å²) in [5, 5.41) is 19.6. The molecule has 0 aliphatic rings. The lowest BCUT2D eigenvalue weighted by atomic mass is 10.2. The van der Waals surface area contributed by atoms with Gasteiger partial charge in [-0.2, -0.15) is 0 Å². The van der Waals surface area contributed by atoms with Crippen molar-refractivity contribution >= 4 is 17.3 Å². The highest BCUT2D eigenvalue weighted by molar-refractivity contribution is 5.66. The molecule has 0 saturated heterocycles. The predicted octanol–water partition coefficient (Wildman–Crippen LogP) is 2.68. The van der Waals surface area contributed by atoms with Gasteiger partial charge < -0.3 is 14.7 Å². The van der Waals surface area contributed by atoms with Crippen molar-refractivity contribution in [2.45, 2.75) is 32.8 Å². The van der Waals surface area contributed by atoms with Crippen LogP contribution in [0.4, 0.5) is 11.4 Å². The summed E-state index contributed by atoms with van der Waals surface area (Å²) in [5.41, 5.74) is 0.582. The molecule has 0 fully saturated rings. The van der Waals surface area contributed by atoms with Crippen LogP contribution in [-0.2, 0) is 4.79 Å². The molecule has 0 unspecified atom stereocenters. The van der Waals surface area contributed by atoms with Crippen molar-refractivity contribution in [2.24, 2.45) is 0 Å². The first-order valence-corrected chi connectivity index (χ1v) is 6.68. The minimum Gasteiger partial charge on any atom is -0.491 e. The summed E-state index contributed by atoms with van der Waals surface area (Å²) in [5.74, 6) is -0.425. The molecule has 0 aliphatic carbocycles. The molecule has 0 aliphatic heterocycles. The summed E-state index contributed by atoms with van der Waals surface area (Å²) in [4.78, 5) is 22.8. The predicted molar refractivity (Wildman–Crippen MR) is 79.0 cm³/mol.